The van der Waals surface area contributed by atoms with Crippen molar-refractivity contribution in [2.45, 2.75) is 32.2 Å². The molecule has 0 N–H and O–H groups in total. The van der Waals surface area contributed by atoms with Crippen molar-refractivity contribution in [2.75, 3.05) is 19.0 Å². The van der Waals surface area contributed by atoms with Crippen molar-refractivity contribution in [2.24, 2.45) is 0 Å². The lowest BCUT2D eigenvalue weighted by Gasteiger charge is -2.31. The van der Waals surface area contributed by atoms with Crippen LogP contribution in [0, 0.1) is 0 Å². The van der Waals surface area contributed by atoms with Crippen molar-refractivity contribution in [1.29, 1.82) is 0 Å². The maximum absolute atomic E-state index is 13.0. The molecule has 0 radical (unpaired) electrons. The number of halogens is 4. The molecule has 2 heterocycles. The van der Waals surface area contributed by atoms with Crippen LogP contribution in [0.4, 0.5) is 33.7 Å². The number of anilines is 2. The molecule has 0 saturated carbocycles. The zero-order valence-corrected chi connectivity index (χ0v) is 20.7. The Balaban J connectivity index is 1.81. The number of rotatable bonds is 9. The molecule has 3 amide bonds. The molecule has 37 heavy (non-hydrogen) atoms. The van der Waals surface area contributed by atoms with E-state index in [1.54, 1.807) is 47.8 Å². The summed E-state index contributed by atoms with van der Waals surface area (Å²) in [6.45, 7) is -4.64. The molecule has 1 aliphatic rings. The quantitative estimate of drug-likeness (QED) is 0.268. The van der Waals surface area contributed by atoms with Crippen LogP contribution in [0.25, 0.3) is 0 Å². The number of imide groups is 1. The van der Waals surface area contributed by atoms with Gasteiger partial charge in [-0.15, -0.1) is 11.3 Å². The highest BCUT2D eigenvalue weighted by molar-refractivity contribution is 7.09. The number of benzene rings is 2. The van der Waals surface area contributed by atoms with Gasteiger partial charge in [-0.2, -0.15) is 17.6 Å². The minimum absolute atomic E-state index is 0.233. The third-order valence-corrected chi connectivity index (χ3v) is 6.92. The number of alkyl halides is 4. The summed E-state index contributed by atoms with van der Waals surface area (Å²) in [5.74, 6) is -1.52. The molecule has 1 fully saturated rings. The first-order valence-corrected chi connectivity index (χ1v) is 11.8. The summed E-state index contributed by atoms with van der Waals surface area (Å²) in [5, 5.41) is 0. The van der Waals surface area contributed by atoms with Crippen LogP contribution in [0.3, 0.4) is 0 Å². The minimum Gasteiger partial charge on any atom is -0.431 e. The van der Waals surface area contributed by atoms with Crippen LogP contribution in [0.15, 0.2) is 54.2 Å². The highest BCUT2D eigenvalue weighted by atomic mass is 32.1. The first-order chi connectivity index (χ1) is 17.5. The van der Waals surface area contributed by atoms with E-state index in [1.165, 1.54) is 42.5 Å². The van der Waals surface area contributed by atoms with Gasteiger partial charge in [-0.3, -0.25) is 14.7 Å². The van der Waals surface area contributed by atoms with Gasteiger partial charge >= 0.3 is 19.3 Å². The van der Waals surface area contributed by atoms with Crippen LogP contribution in [0.1, 0.15) is 17.4 Å². The Hall–Kier alpha value is -3.87. The van der Waals surface area contributed by atoms with E-state index in [4.69, 9.17) is 0 Å². The van der Waals surface area contributed by atoms with E-state index in [9.17, 15) is 27.2 Å². The van der Waals surface area contributed by atoms with Crippen molar-refractivity contribution in [1.82, 2.24) is 14.8 Å². The summed E-state index contributed by atoms with van der Waals surface area (Å²) >= 11 is 1.36. The summed E-state index contributed by atoms with van der Waals surface area (Å²) in [6.07, 6.45) is 1.63. The SMILES string of the molecule is CN1C(=O)N(C)C(C)(c2cccc(N(Cc3cncs3)c3ccc(OC(F)F)c(OC(F)F)c3)c2)C1=O. The second kappa shape index (κ2) is 10.2. The van der Waals surface area contributed by atoms with E-state index in [-0.39, 0.29) is 6.54 Å². The molecule has 2 aromatic carbocycles. The van der Waals surface area contributed by atoms with Crippen molar-refractivity contribution >= 4 is 34.6 Å². The molecule has 1 unspecified atom stereocenters. The first-order valence-electron chi connectivity index (χ1n) is 10.9. The normalized spacial score (nSPS) is 17.8. The molecule has 8 nitrogen and oxygen atoms in total. The molecule has 0 spiro atoms. The Morgan fingerprint density at radius 2 is 1.68 bits per heavy atom. The fraction of sp³-hybridized carbons (Fsp3) is 0.292. The molecule has 13 heteroatoms. The van der Waals surface area contributed by atoms with Gasteiger partial charge in [0.05, 0.1) is 12.1 Å². The number of hydrogen-bond acceptors (Lipinski definition) is 7. The van der Waals surface area contributed by atoms with Gasteiger partial charge in [-0.25, -0.2) is 4.79 Å². The van der Waals surface area contributed by atoms with Gasteiger partial charge < -0.3 is 19.3 Å². The number of hydrogen-bond donors (Lipinski definition) is 0. The monoisotopic (exact) mass is 538 g/mol. The third-order valence-electron chi connectivity index (χ3n) is 6.15. The molecular formula is C24H22F4N4O4S. The number of thiazole rings is 1. The zero-order valence-electron chi connectivity index (χ0n) is 19.9. The molecular weight excluding hydrogens is 516 g/mol. The van der Waals surface area contributed by atoms with Gasteiger partial charge in [0.15, 0.2) is 11.5 Å². The lowest BCUT2D eigenvalue weighted by Crippen LogP contribution is -2.42. The predicted octanol–water partition coefficient (Wildman–Crippen LogP) is 5.42. The number of ether oxygens (including phenoxy) is 2. The number of aromatic nitrogens is 1. The van der Waals surface area contributed by atoms with E-state index >= 15 is 0 Å². The lowest BCUT2D eigenvalue weighted by atomic mass is 9.90. The van der Waals surface area contributed by atoms with Gasteiger partial charge in [-0.05, 0) is 36.8 Å². The maximum atomic E-state index is 13.0. The summed E-state index contributed by atoms with van der Waals surface area (Å²) in [6, 6.07) is 10.1. The average Bonchev–Trinajstić information content (AvgIpc) is 3.43. The Kier molecular flexibility index (Phi) is 7.25. The Morgan fingerprint density at radius 1 is 1.00 bits per heavy atom. The van der Waals surface area contributed by atoms with E-state index < -0.39 is 42.2 Å². The predicted molar refractivity (Wildman–Crippen MR) is 127 cm³/mol. The largest absolute Gasteiger partial charge is 0.431 e. The summed E-state index contributed by atoms with van der Waals surface area (Å²) in [7, 11) is 2.93. The van der Waals surface area contributed by atoms with Crippen LogP contribution in [0.5, 0.6) is 11.5 Å². The van der Waals surface area contributed by atoms with Gasteiger partial charge in [0, 0.05) is 42.6 Å². The number of nitrogens with zero attached hydrogens (tertiary/aromatic N) is 4. The Labute approximate surface area is 213 Å². The van der Waals surface area contributed by atoms with Crippen molar-refractivity contribution in [3.63, 3.8) is 0 Å². The maximum Gasteiger partial charge on any atom is 0.387 e. The van der Waals surface area contributed by atoms with E-state index in [1.807, 2.05) is 0 Å². The number of urea groups is 1. The third kappa shape index (κ3) is 5.03. The van der Waals surface area contributed by atoms with Crippen molar-refractivity contribution < 1.29 is 36.6 Å². The Bertz CT molecular complexity index is 1290. The second-order valence-electron chi connectivity index (χ2n) is 8.27. The average molecular weight is 539 g/mol. The molecule has 4 rings (SSSR count). The summed E-state index contributed by atoms with van der Waals surface area (Å²) in [5.41, 5.74) is 1.74. The topological polar surface area (TPSA) is 75.2 Å². The van der Waals surface area contributed by atoms with Crippen molar-refractivity contribution in [3.8, 4) is 11.5 Å². The van der Waals surface area contributed by atoms with Gasteiger partial charge in [0.25, 0.3) is 5.91 Å². The van der Waals surface area contributed by atoms with Crippen LogP contribution >= 0.6 is 11.3 Å². The highest BCUT2D eigenvalue weighted by Gasteiger charge is 2.52. The molecule has 1 atom stereocenters. The van der Waals surface area contributed by atoms with Crippen LogP contribution in [-0.4, -0.2) is 54.0 Å². The molecule has 1 aliphatic heterocycles. The lowest BCUT2D eigenvalue weighted by molar-refractivity contribution is -0.131. The molecule has 0 aliphatic carbocycles. The van der Waals surface area contributed by atoms with Gasteiger partial charge in [0.1, 0.15) is 5.54 Å². The minimum atomic E-state index is -3.27. The van der Waals surface area contributed by atoms with Crippen LogP contribution in [0.2, 0.25) is 0 Å². The van der Waals surface area contributed by atoms with Crippen LogP contribution in [-0.2, 0) is 16.9 Å². The van der Waals surface area contributed by atoms with Gasteiger partial charge in [0.2, 0.25) is 0 Å². The summed E-state index contributed by atoms with van der Waals surface area (Å²) < 4.78 is 60.5. The number of likely N-dealkylation sites (N-methyl/N-ethyl adjacent to an activating group) is 2. The van der Waals surface area contributed by atoms with Gasteiger partial charge in [-0.1, -0.05) is 12.1 Å². The highest BCUT2D eigenvalue weighted by Crippen LogP contribution is 2.40. The smallest absolute Gasteiger partial charge is 0.387 e. The molecule has 1 aromatic heterocycles. The molecule has 196 valence electrons. The molecule has 0 bridgehead atoms. The van der Waals surface area contributed by atoms with E-state index in [0.29, 0.717) is 16.9 Å². The fourth-order valence-electron chi connectivity index (χ4n) is 4.12. The fourth-order valence-corrected chi connectivity index (χ4v) is 4.70. The zero-order chi connectivity index (χ0) is 26.9. The van der Waals surface area contributed by atoms with Crippen LogP contribution < -0.4 is 14.4 Å². The first kappa shape index (κ1) is 26.2. The van der Waals surface area contributed by atoms with E-state index in [0.717, 1.165) is 15.8 Å². The second-order valence-corrected chi connectivity index (χ2v) is 9.24. The summed E-state index contributed by atoms with van der Waals surface area (Å²) in [4.78, 5) is 34.4. The molecule has 3 aromatic rings. The molecule has 1 saturated heterocycles. The standard InChI is InChI=1S/C24H22F4N4O4S/c1-24(20(33)30(2)23(34)31(24)3)14-5-4-6-15(9-14)32(12-17-11-29-13-37-17)16-7-8-18(35-21(25)26)19(10-16)36-22(27)28/h4-11,13,21-22H,12H2,1-3H3. The van der Waals surface area contributed by atoms with Crippen molar-refractivity contribution in [3.05, 3.63) is 64.6 Å². The number of amides is 3. The Morgan fingerprint density at radius 3 is 2.27 bits per heavy atom. The number of carbonyl (C=O) groups excluding carboxylic acids is 2. The van der Waals surface area contributed by atoms with E-state index in [2.05, 4.69) is 14.5 Å². The number of carbonyl (C=O) groups is 2.